The first-order valence-electron chi connectivity index (χ1n) is 24.2. The van der Waals surface area contributed by atoms with Crippen LogP contribution in [0, 0.1) is 0 Å². The second-order valence-electron chi connectivity index (χ2n) is 18.0. The van der Waals surface area contributed by atoms with Gasteiger partial charge in [0.2, 0.25) is 5.95 Å². The number of nitrogens with one attached hydrogen (secondary N) is 1. The normalized spacial score (nSPS) is 12.6. The van der Waals surface area contributed by atoms with Gasteiger partial charge in [0.15, 0.2) is 11.5 Å². The zero-order valence-corrected chi connectivity index (χ0v) is 46.7. The van der Waals surface area contributed by atoms with Crippen LogP contribution in [0.1, 0.15) is 22.8 Å². The zero-order valence-electron chi connectivity index (χ0n) is 43.4. The molecule has 0 aliphatic carbocycles. The zero-order chi connectivity index (χ0) is 58.3. The predicted molar refractivity (Wildman–Crippen MR) is 304 cm³/mol. The number of nitrogen functional groups attached to an aromatic ring is 1. The Balaban J connectivity index is 1.19. The highest BCUT2D eigenvalue weighted by Crippen LogP contribution is 2.48. The van der Waals surface area contributed by atoms with Crippen molar-refractivity contribution in [3.8, 4) is 11.5 Å². The summed E-state index contributed by atoms with van der Waals surface area (Å²) in [7, 11) is -15.0. The van der Waals surface area contributed by atoms with Crippen LogP contribution < -0.4 is 11.1 Å². The van der Waals surface area contributed by atoms with Crippen LogP contribution in [0.3, 0.4) is 0 Å². The molecule has 0 aliphatic heterocycles. The van der Waals surface area contributed by atoms with Crippen LogP contribution in [0.5, 0.6) is 11.5 Å². The van der Waals surface area contributed by atoms with Gasteiger partial charge >= 0.3 is 0 Å². The van der Waals surface area contributed by atoms with E-state index in [9.17, 15) is 43.9 Å². The van der Waals surface area contributed by atoms with E-state index in [2.05, 4.69) is 35.7 Å². The van der Waals surface area contributed by atoms with Gasteiger partial charge in [0.25, 0.3) is 40.5 Å². The summed E-state index contributed by atoms with van der Waals surface area (Å²) >= 11 is 0. The highest BCUT2D eigenvalue weighted by Gasteiger charge is 2.30. The maximum absolute atomic E-state index is 13.7. The number of aromatic hydroxyl groups is 2. The van der Waals surface area contributed by atoms with Crippen LogP contribution in [-0.2, 0) is 70.0 Å². The Bertz CT molecular complexity index is 4510. The van der Waals surface area contributed by atoms with Gasteiger partial charge in [0.1, 0.15) is 32.8 Å². The standard InChI is InChI=1S/C55H45N9O14S4/c1-75-79(67,68)38-24-34-27-45(81(71,72)77-3)51(63-61-42-20-10-15-32-13-5-7-18-40(32)42)53(65)49(34)36(26-38)29-48-58-47(23-31-12-9-17-37(56)22-31)59-55(60-48)57-44-30-39(80(69,70)76-2)25-35-28-46(82(73,74)78-4)52(54(66)50(35)44)64-62-43-21-11-16-33-14-6-8-19-41(33)43/h5-22,24-28,30,65-66H,23,29,56H2,1-4H3,(H,57,58,59,60). The SMILES string of the molecule is COS(=O)(=O)c1cc(Cc2nc(Cc3cccc(N)c3)nc(Nc3cc(S(=O)(=O)OC)cc4cc(S(=O)(=O)OC)c(N=Nc5cccc6ccccc56)c(O)c34)n2)c2c(O)c(N=Nc3cccc4ccccc34)c(S(=O)(=O)OC)cc2c1. The second-order valence-corrected chi connectivity index (χ2v) is 24.8. The maximum atomic E-state index is 13.7. The number of azo groups is 2. The number of nitrogens with two attached hydrogens (primary N) is 1. The molecule has 0 saturated carbocycles. The Morgan fingerprint density at radius 1 is 0.476 bits per heavy atom. The van der Waals surface area contributed by atoms with Gasteiger partial charge < -0.3 is 21.3 Å². The summed E-state index contributed by atoms with van der Waals surface area (Å²) < 4.78 is 128. The Hall–Kier alpha value is -8.93. The minimum Gasteiger partial charge on any atom is -0.505 e. The molecule has 27 heteroatoms. The molecule has 0 saturated heterocycles. The fourth-order valence-corrected chi connectivity index (χ4v) is 12.3. The van der Waals surface area contributed by atoms with Gasteiger partial charge in [-0.15, -0.1) is 20.5 Å². The van der Waals surface area contributed by atoms with Crippen molar-refractivity contribution >= 4 is 124 Å². The number of fused-ring (bicyclic) bond motifs is 4. The monoisotopic (exact) mass is 1180 g/mol. The molecule has 10 aromatic rings. The number of nitrogens with zero attached hydrogens (tertiary/aromatic N) is 7. The quantitative estimate of drug-likeness (QED) is 0.0352. The molecular weight excluding hydrogens is 1140 g/mol. The lowest BCUT2D eigenvalue weighted by atomic mass is 10.00. The largest absolute Gasteiger partial charge is 0.505 e. The fourth-order valence-electron chi connectivity index (χ4n) is 9.13. The van der Waals surface area contributed by atoms with Gasteiger partial charge in [-0.1, -0.05) is 84.9 Å². The minimum absolute atomic E-state index is 0.0231. The molecule has 10 rings (SSSR count). The first-order chi connectivity index (χ1) is 39.1. The molecule has 9 aromatic carbocycles. The van der Waals surface area contributed by atoms with E-state index in [4.69, 9.17) is 27.4 Å². The Morgan fingerprint density at radius 2 is 0.939 bits per heavy atom. The summed E-state index contributed by atoms with van der Waals surface area (Å²) in [5.41, 5.74) is 6.34. The van der Waals surface area contributed by atoms with Crippen LogP contribution in [0.25, 0.3) is 43.1 Å². The third-order valence-corrected chi connectivity index (χ3v) is 18.1. The summed E-state index contributed by atoms with van der Waals surface area (Å²) in [5, 5.41) is 47.0. The lowest BCUT2D eigenvalue weighted by molar-refractivity contribution is 0.396. The Morgan fingerprint density at radius 3 is 1.46 bits per heavy atom. The fraction of sp³-hybridized carbons (Fsp3) is 0.109. The molecule has 0 amide bonds. The topological polar surface area (TPSA) is 340 Å². The number of rotatable bonds is 18. The van der Waals surface area contributed by atoms with E-state index >= 15 is 0 Å². The number of anilines is 3. The third kappa shape index (κ3) is 11.1. The molecule has 0 unspecified atom stereocenters. The summed E-state index contributed by atoms with van der Waals surface area (Å²) in [6.07, 6.45) is -0.493. The number of phenols is 2. The number of hydrogen-bond acceptors (Lipinski definition) is 23. The predicted octanol–water partition coefficient (Wildman–Crippen LogP) is 10.6. The Kier molecular flexibility index (Phi) is 15.3. The first kappa shape index (κ1) is 56.3. The average molecular weight is 1180 g/mol. The van der Waals surface area contributed by atoms with E-state index in [-0.39, 0.29) is 56.8 Å². The van der Waals surface area contributed by atoms with Crippen molar-refractivity contribution in [3.63, 3.8) is 0 Å². The summed E-state index contributed by atoms with van der Waals surface area (Å²) in [6, 6.07) is 38.0. The van der Waals surface area contributed by atoms with Crippen LogP contribution in [0.15, 0.2) is 186 Å². The van der Waals surface area contributed by atoms with Crippen molar-refractivity contribution in [1.82, 2.24) is 15.0 Å². The number of hydrogen-bond donors (Lipinski definition) is 4. The first-order valence-corrected chi connectivity index (χ1v) is 29.8. The lowest BCUT2D eigenvalue weighted by Gasteiger charge is -2.17. The molecule has 0 fully saturated rings. The van der Waals surface area contributed by atoms with Crippen LogP contribution in [-0.4, -0.2) is 87.3 Å². The molecule has 0 bridgehead atoms. The van der Waals surface area contributed by atoms with E-state index in [0.717, 1.165) is 75.6 Å². The van der Waals surface area contributed by atoms with Gasteiger partial charge in [0, 0.05) is 40.1 Å². The highest BCUT2D eigenvalue weighted by molar-refractivity contribution is 7.87. The van der Waals surface area contributed by atoms with Crippen molar-refractivity contribution in [1.29, 1.82) is 0 Å². The second kappa shape index (κ2) is 22.2. The smallest absolute Gasteiger partial charge is 0.299 e. The van der Waals surface area contributed by atoms with Gasteiger partial charge in [-0.05, 0) is 93.3 Å². The van der Waals surface area contributed by atoms with E-state index in [1.54, 1.807) is 72.8 Å². The summed E-state index contributed by atoms with van der Waals surface area (Å²) in [6.45, 7) is 0. The number of benzene rings is 9. The van der Waals surface area contributed by atoms with Crippen molar-refractivity contribution < 1.29 is 60.6 Å². The van der Waals surface area contributed by atoms with Crippen molar-refractivity contribution in [2.45, 2.75) is 32.4 Å². The molecule has 82 heavy (non-hydrogen) atoms. The van der Waals surface area contributed by atoms with Gasteiger partial charge in [0.05, 0.1) is 55.3 Å². The molecule has 5 N–H and O–H groups in total. The third-order valence-electron chi connectivity index (χ3n) is 13.0. The number of aromatic nitrogens is 3. The van der Waals surface area contributed by atoms with Crippen LogP contribution >= 0.6 is 0 Å². The average Bonchev–Trinajstić information content (AvgIpc) is 3.47. The van der Waals surface area contributed by atoms with E-state index in [0.29, 0.717) is 33.4 Å². The van der Waals surface area contributed by atoms with E-state index in [1.165, 1.54) is 0 Å². The van der Waals surface area contributed by atoms with Crippen molar-refractivity contribution in [3.05, 3.63) is 168 Å². The van der Waals surface area contributed by atoms with Crippen molar-refractivity contribution in [2.24, 2.45) is 20.5 Å². The van der Waals surface area contributed by atoms with Gasteiger partial charge in [-0.2, -0.15) is 43.6 Å². The molecule has 0 spiro atoms. The van der Waals surface area contributed by atoms with Crippen LogP contribution in [0.4, 0.5) is 40.1 Å². The molecule has 0 radical (unpaired) electrons. The molecule has 0 atom stereocenters. The molecule has 1 heterocycles. The lowest BCUT2D eigenvalue weighted by Crippen LogP contribution is -2.11. The van der Waals surface area contributed by atoms with E-state index < -0.39 is 89.3 Å². The molecule has 23 nitrogen and oxygen atoms in total. The van der Waals surface area contributed by atoms with Gasteiger partial charge in [-0.3, -0.25) is 16.7 Å². The van der Waals surface area contributed by atoms with Gasteiger partial charge in [-0.25, -0.2) is 4.98 Å². The van der Waals surface area contributed by atoms with Crippen LogP contribution in [0.2, 0.25) is 0 Å². The molecule has 0 aliphatic rings. The number of phenolic OH excluding ortho intramolecular Hbond substituents is 2. The van der Waals surface area contributed by atoms with Crippen molar-refractivity contribution in [2.75, 3.05) is 39.5 Å². The highest BCUT2D eigenvalue weighted by atomic mass is 32.2. The summed E-state index contributed by atoms with van der Waals surface area (Å²) in [4.78, 5) is 11.7. The summed E-state index contributed by atoms with van der Waals surface area (Å²) in [5.74, 6) is -1.99. The van der Waals surface area contributed by atoms with E-state index in [1.807, 2.05) is 36.4 Å². The maximum Gasteiger partial charge on any atom is 0.299 e. The molecule has 418 valence electrons. The minimum atomic E-state index is -4.73. The molecular formula is C55H45N9O14S4. The molecule has 1 aromatic heterocycles. The Labute approximate surface area is 468 Å².